The Bertz CT molecular complexity index is 590. The lowest BCUT2D eigenvalue weighted by molar-refractivity contribution is -0.149. The molecule has 1 saturated heterocycles. The number of aliphatic carboxylic acids is 1. The number of nitrogens with two attached hydrogens (primary N) is 1. The molecule has 0 radical (unpaired) electrons. The molecule has 1 aliphatic rings. The van der Waals surface area contributed by atoms with Crippen molar-refractivity contribution in [2.24, 2.45) is 11.7 Å². The molecular weight excluding hydrogens is 388 g/mol. The van der Waals surface area contributed by atoms with Crippen molar-refractivity contribution in [3.05, 3.63) is 0 Å². The molecule has 0 aromatic carbocycles. The van der Waals surface area contributed by atoms with Crippen LogP contribution in [0.3, 0.4) is 0 Å². The highest BCUT2D eigenvalue weighted by Gasteiger charge is 2.38. The summed E-state index contributed by atoms with van der Waals surface area (Å²) in [5.41, 5.74) is 5.49. The van der Waals surface area contributed by atoms with Crippen molar-refractivity contribution in [1.82, 2.24) is 15.5 Å². The number of nitrogens with zero attached hydrogens (tertiary/aromatic N) is 1. The summed E-state index contributed by atoms with van der Waals surface area (Å²) in [6.07, 6.45) is 1.50. The van der Waals surface area contributed by atoms with Gasteiger partial charge in [-0.1, -0.05) is 20.3 Å². The van der Waals surface area contributed by atoms with E-state index in [0.29, 0.717) is 25.8 Å². The van der Waals surface area contributed by atoms with Crippen molar-refractivity contribution in [2.75, 3.05) is 18.9 Å². The molecule has 11 heteroatoms. The topological polar surface area (TPSA) is 162 Å². The number of hydrogen-bond donors (Lipinski definition) is 6. The van der Waals surface area contributed by atoms with E-state index in [-0.39, 0.29) is 11.7 Å². The Morgan fingerprint density at radius 1 is 1.25 bits per heavy atom. The number of carboxylic acids is 1. The van der Waals surface area contributed by atoms with E-state index in [0.717, 1.165) is 0 Å². The van der Waals surface area contributed by atoms with Crippen molar-refractivity contribution in [1.29, 1.82) is 0 Å². The molecular formula is C17H30N4O6S. The zero-order valence-electron chi connectivity index (χ0n) is 16.1. The Kier molecular flexibility index (Phi) is 9.70. The van der Waals surface area contributed by atoms with Crippen LogP contribution in [0.25, 0.3) is 0 Å². The molecule has 0 bridgehead atoms. The number of nitrogens with one attached hydrogen (secondary N) is 2. The highest BCUT2D eigenvalue weighted by atomic mass is 32.1. The second-order valence-electron chi connectivity index (χ2n) is 6.93. The maximum Gasteiger partial charge on any atom is 0.326 e. The highest BCUT2D eigenvalue weighted by Crippen LogP contribution is 2.19. The summed E-state index contributed by atoms with van der Waals surface area (Å²) in [5.74, 6) is -3.16. The van der Waals surface area contributed by atoms with Crippen molar-refractivity contribution in [3.8, 4) is 0 Å². The van der Waals surface area contributed by atoms with E-state index in [4.69, 9.17) is 10.8 Å². The normalized spacial score (nSPS) is 20.8. The van der Waals surface area contributed by atoms with Crippen LogP contribution in [0.5, 0.6) is 0 Å². The van der Waals surface area contributed by atoms with Crippen LogP contribution in [0.1, 0.15) is 33.1 Å². The van der Waals surface area contributed by atoms with Crippen molar-refractivity contribution < 1.29 is 29.4 Å². The summed E-state index contributed by atoms with van der Waals surface area (Å²) >= 11 is 4.11. The van der Waals surface area contributed by atoms with Crippen LogP contribution >= 0.6 is 12.6 Å². The number of aliphatic hydroxyl groups is 1. The standard InChI is InChI=1S/C17H30N4O6S/c1-3-9(2)13(20-14(23)10(18)7-22)15(24)19-11(8-28)16(25)21-6-4-5-12(21)17(26)27/h9-13,22,28H,3-8,18H2,1-2H3,(H,19,24)(H,20,23)(H,26,27). The summed E-state index contributed by atoms with van der Waals surface area (Å²) in [4.78, 5) is 50.0. The zero-order chi connectivity index (χ0) is 21.4. The Balaban J connectivity index is 2.89. The summed E-state index contributed by atoms with van der Waals surface area (Å²) in [5, 5.41) is 23.3. The summed E-state index contributed by atoms with van der Waals surface area (Å²) in [6.45, 7) is 3.33. The number of thiol groups is 1. The van der Waals surface area contributed by atoms with Gasteiger partial charge < -0.3 is 31.5 Å². The van der Waals surface area contributed by atoms with Crippen molar-refractivity contribution in [2.45, 2.75) is 57.3 Å². The second-order valence-corrected chi connectivity index (χ2v) is 7.30. The van der Waals surface area contributed by atoms with Gasteiger partial charge >= 0.3 is 5.97 Å². The van der Waals surface area contributed by atoms with Gasteiger partial charge in [0.05, 0.1) is 6.61 Å². The van der Waals surface area contributed by atoms with Gasteiger partial charge in [0, 0.05) is 12.3 Å². The van der Waals surface area contributed by atoms with Crippen LogP contribution < -0.4 is 16.4 Å². The Hall–Kier alpha value is -1.85. The van der Waals surface area contributed by atoms with Gasteiger partial charge in [0.1, 0.15) is 24.2 Å². The van der Waals surface area contributed by atoms with E-state index in [9.17, 15) is 24.3 Å². The van der Waals surface area contributed by atoms with Gasteiger partial charge in [-0.3, -0.25) is 14.4 Å². The van der Waals surface area contributed by atoms with Gasteiger partial charge in [0.15, 0.2) is 0 Å². The van der Waals surface area contributed by atoms with Gasteiger partial charge in [0.25, 0.3) is 0 Å². The maximum absolute atomic E-state index is 12.7. The second kappa shape index (κ2) is 11.2. The number of likely N-dealkylation sites (tertiary alicyclic amines) is 1. The number of carbonyl (C=O) groups is 4. The number of rotatable bonds is 10. The lowest BCUT2D eigenvalue weighted by Crippen LogP contribution is -2.59. The largest absolute Gasteiger partial charge is 0.480 e. The fraction of sp³-hybridized carbons (Fsp3) is 0.765. The third kappa shape index (κ3) is 6.08. The zero-order valence-corrected chi connectivity index (χ0v) is 17.0. The van der Waals surface area contributed by atoms with Crippen LogP contribution in [0.4, 0.5) is 0 Å². The van der Waals surface area contributed by atoms with E-state index in [1.165, 1.54) is 4.90 Å². The van der Waals surface area contributed by atoms with Gasteiger partial charge in [-0.05, 0) is 18.8 Å². The molecule has 1 rings (SSSR count). The summed E-state index contributed by atoms with van der Waals surface area (Å²) < 4.78 is 0. The summed E-state index contributed by atoms with van der Waals surface area (Å²) in [7, 11) is 0. The molecule has 1 heterocycles. The lowest BCUT2D eigenvalue weighted by atomic mass is 9.97. The van der Waals surface area contributed by atoms with Gasteiger partial charge in [-0.25, -0.2) is 4.79 Å². The molecule has 5 unspecified atom stereocenters. The molecule has 10 nitrogen and oxygen atoms in total. The first-order chi connectivity index (χ1) is 13.2. The molecule has 0 spiro atoms. The average Bonchev–Trinajstić information content (AvgIpc) is 3.18. The third-order valence-corrected chi connectivity index (χ3v) is 5.31. The molecule has 5 atom stereocenters. The predicted molar refractivity (Wildman–Crippen MR) is 105 cm³/mol. The molecule has 0 aliphatic carbocycles. The van der Waals surface area contributed by atoms with Crippen LogP contribution in [0.2, 0.25) is 0 Å². The van der Waals surface area contributed by atoms with E-state index in [1.54, 1.807) is 6.92 Å². The molecule has 0 aromatic heterocycles. The fourth-order valence-corrected chi connectivity index (χ4v) is 3.23. The first-order valence-electron chi connectivity index (χ1n) is 9.29. The molecule has 28 heavy (non-hydrogen) atoms. The number of hydrogen-bond acceptors (Lipinski definition) is 7. The monoisotopic (exact) mass is 418 g/mol. The molecule has 3 amide bonds. The van der Waals surface area contributed by atoms with E-state index in [2.05, 4.69) is 23.3 Å². The van der Waals surface area contributed by atoms with E-state index in [1.807, 2.05) is 6.92 Å². The van der Waals surface area contributed by atoms with Crippen molar-refractivity contribution >= 4 is 36.3 Å². The molecule has 1 fully saturated rings. The quantitative estimate of drug-likeness (QED) is 0.231. The fourth-order valence-electron chi connectivity index (χ4n) is 2.98. The number of amides is 3. The molecule has 6 N–H and O–H groups in total. The van der Waals surface area contributed by atoms with E-state index < -0.39 is 54.5 Å². The first-order valence-corrected chi connectivity index (χ1v) is 9.92. The lowest BCUT2D eigenvalue weighted by Gasteiger charge is -2.29. The molecule has 1 aliphatic heterocycles. The van der Waals surface area contributed by atoms with E-state index >= 15 is 0 Å². The minimum Gasteiger partial charge on any atom is -0.480 e. The van der Waals surface area contributed by atoms with Gasteiger partial charge in [-0.2, -0.15) is 12.6 Å². The maximum atomic E-state index is 12.7. The van der Waals surface area contributed by atoms with Crippen molar-refractivity contribution in [3.63, 3.8) is 0 Å². The molecule has 160 valence electrons. The number of carbonyl (C=O) groups excluding carboxylic acids is 3. The summed E-state index contributed by atoms with van der Waals surface area (Å²) in [6, 6.07) is -4.06. The molecule has 0 saturated carbocycles. The third-order valence-electron chi connectivity index (χ3n) is 4.94. The van der Waals surface area contributed by atoms with Crippen LogP contribution in [0, 0.1) is 5.92 Å². The Labute approximate surface area is 169 Å². The van der Waals surface area contributed by atoms with Crippen LogP contribution in [-0.4, -0.2) is 81.9 Å². The smallest absolute Gasteiger partial charge is 0.326 e. The van der Waals surface area contributed by atoms with Crippen LogP contribution in [-0.2, 0) is 19.2 Å². The Morgan fingerprint density at radius 3 is 2.39 bits per heavy atom. The number of carboxylic acid groups (broad SMARTS) is 1. The molecule has 0 aromatic rings. The van der Waals surface area contributed by atoms with Crippen LogP contribution in [0.15, 0.2) is 0 Å². The van der Waals surface area contributed by atoms with Gasteiger partial charge in [0.2, 0.25) is 17.7 Å². The minimum absolute atomic E-state index is 0.0231. The van der Waals surface area contributed by atoms with Gasteiger partial charge in [-0.15, -0.1) is 0 Å². The minimum atomic E-state index is -1.16. The SMILES string of the molecule is CCC(C)C(NC(=O)C(N)CO)C(=O)NC(CS)C(=O)N1CCCC1C(=O)O. The first kappa shape index (κ1) is 24.2. The predicted octanol–water partition coefficient (Wildman–Crippen LogP) is -1.67. The Morgan fingerprint density at radius 2 is 1.89 bits per heavy atom. The number of aliphatic hydroxyl groups excluding tert-OH is 1. The highest BCUT2D eigenvalue weighted by molar-refractivity contribution is 7.80. The average molecular weight is 419 g/mol.